The Morgan fingerprint density at radius 1 is 1.46 bits per heavy atom. The van der Waals surface area contributed by atoms with Crippen molar-refractivity contribution in [1.82, 2.24) is 0 Å². The number of methoxy groups -OCH3 is 1. The van der Waals surface area contributed by atoms with Gasteiger partial charge >= 0.3 is 5.97 Å². The second-order valence-corrected chi connectivity index (χ2v) is 3.26. The SMILES string of the molecule is COC(=O)c1cc2c(o1)CCCC2. The molecule has 0 atom stereocenters. The maximum absolute atomic E-state index is 11.1. The van der Waals surface area contributed by atoms with Crippen LogP contribution in [-0.2, 0) is 17.6 Å². The molecule has 1 aromatic rings. The van der Waals surface area contributed by atoms with Crippen LogP contribution in [0.1, 0.15) is 34.7 Å². The second-order valence-electron chi connectivity index (χ2n) is 3.26. The lowest BCUT2D eigenvalue weighted by atomic mass is 9.99. The van der Waals surface area contributed by atoms with E-state index < -0.39 is 0 Å². The van der Waals surface area contributed by atoms with Crippen molar-refractivity contribution in [3.05, 3.63) is 23.2 Å². The van der Waals surface area contributed by atoms with Gasteiger partial charge in [0.1, 0.15) is 5.76 Å². The minimum Gasteiger partial charge on any atom is -0.463 e. The molecule has 0 saturated carbocycles. The zero-order valence-corrected chi connectivity index (χ0v) is 7.63. The molecule has 70 valence electrons. The number of hydrogen-bond donors (Lipinski definition) is 0. The van der Waals surface area contributed by atoms with Crippen LogP contribution in [0, 0.1) is 0 Å². The number of fused-ring (bicyclic) bond motifs is 1. The third-order valence-electron chi connectivity index (χ3n) is 2.38. The molecule has 3 nitrogen and oxygen atoms in total. The van der Waals surface area contributed by atoms with Gasteiger partial charge in [-0.2, -0.15) is 0 Å². The molecule has 1 aliphatic carbocycles. The Morgan fingerprint density at radius 2 is 2.23 bits per heavy atom. The molecule has 0 saturated heterocycles. The van der Waals surface area contributed by atoms with Gasteiger partial charge in [-0.1, -0.05) is 0 Å². The molecule has 13 heavy (non-hydrogen) atoms. The molecule has 0 fully saturated rings. The number of furan rings is 1. The summed E-state index contributed by atoms with van der Waals surface area (Å²) in [5.74, 6) is 0.926. The van der Waals surface area contributed by atoms with Gasteiger partial charge in [0.05, 0.1) is 7.11 Å². The molecule has 1 aliphatic rings. The van der Waals surface area contributed by atoms with E-state index in [1.165, 1.54) is 19.1 Å². The van der Waals surface area contributed by atoms with Crippen molar-refractivity contribution < 1.29 is 13.9 Å². The maximum atomic E-state index is 11.1. The van der Waals surface area contributed by atoms with Crippen molar-refractivity contribution in [3.8, 4) is 0 Å². The third kappa shape index (κ3) is 1.46. The number of rotatable bonds is 1. The van der Waals surface area contributed by atoms with Crippen LogP contribution >= 0.6 is 0 Å². The summed E-state index contributed by atoms with van der Waals surface area (Å²) in [6.45, 7) is 0. The van der Waals surface area contributed by atoms with Crippen molar-refractivity contribution in [2.45, 2.75) is 25.7 Å². The Balaban J connectivity index is 2.30. The Labute approximate surface area is 76.7 Å². The van der Waals surface area contributed by atoms with E-state index in [1.54, 1.807) is 6.07 Å². The average molecular weight is 180 g/mol. The van der Waals surface area contributed by atoms with Crippen molar-refractivity contribution in [2.75, 3.05) is 7.11 Å². The number of carbonyl (C=O) groups is 1. The smallest absolute Gasteiger partial charge is 0.373 e. The molecule has 2 rings (SSSR count). The Morgan fingerprint density at radius 3 is 2.92 bits per heavy atom. The number of carbonyl (C=O) groups excluding carboxylic acids is 1. The van der Waals surface area contributed by atoms with Crippen LogP contribution in [0.4, 0.5) is 0 Å². The molecular formula is C10H12O3. The average Bonchev–Trinajstić information content (AvgIpc) is 2.59. The van der Waals surface area contributed by atoms with Crippen LogP contribution in [0.25, 0.3) is 0 Å². The lowest BCUT2D eigenvalue weighted by Crippen LogP contribution is -1.98. The highest BCUT2D eigenvalue weighted by Crippen LogP contribution is 2.24. The third-order valence-corrected chi connectivity index (χ3v) is 2.38. The predicted molar refractivity (Wildman–Crippen MR) is 46.7 cm³/mol. The zero-order valence-electron chi connectivity index (χ0n) is 7.63. The van der Waals surface area contributed by atoms with Crippen LogP contribution < -0.4 is 0 Å². The number of ether oxygens (including phenoxy) is 1. The van der Waals surface area contributed by atoms with Gasteiger partial charge in [0.25, 0.3) is 0 Å². The molecule has 0 spiro atoms. The molecule has 0 bridgehead atoms. The van der Waals surface area contributed by atoms with Crippen LogP contribution in [0.3, 0.4) is 0 Å². The zero-order chi connectivity index (χ0) is 9.26. The summed E-state index contributed by atoms with van der Waals surface area (Å²) in [4.78, 5) is 11.1. The molecule has 3 heteroatoms. The molecule has 1 heterocycles. The summed E-state index contributed by atoms with van der Waals surface area (Å²) in [6, 6.07) is 1.81. The lowest BCUT2D eigenvalue weighted by molar-refractivity contribution is 0.0563. The first-order valence-electron chi connectivity index (χ1n) is 4.51. The largest absolute Gasteiger partial charge is 0.463 e. The fourth-order valence-electron chi connectivity index (χ4n) is 1.69. The summed E-state index contributed by atoms with van der Waals surface area (Å²) in [7, 11) is 1.36. The standard InChI is InChI=1S/C10H12O3/c1-12-10(11)9-6-7-4-2-3-5-8(7)13-9/h6H,2-5H2,1H3. The van der Waals surface area contributed by atoms with Crippen LogP contribution in [0.2, 0.25) is 0 Å². The first kappa shape index (κ1) is 8.35. The highest BCUT2D eigenvalue weighted by atomic mass is 16.5. The summed E-state index contributed by atoms with van der Waals surface area (Å²) >= 11 is 0. The second kappa shape index (κ2) is 3.24. The first-order chi connectivity index (χ1) is 6.31. The van der Waals surface area contributed by atoms with E-state index in [0.29, 0.717) is 5.76 Å². The monoisotopic (exact) mass is 180 g/mol. The van der Waals surface area contributed by atoms with Gasteiger partial charge in [-0.3, -0.25) is 0 Å². The van der Waals surface area contributed by atoms with Gasteiger partial charge in [-0.15, -0.1) is 0 Å². The summed E-state index contributed by atoms with van der Waals surface area (Å²) in [6.07, 6.45) is 4.32. The van der Waals surface area contributed by atoms with E-state index in [0.717, 1.165) is 25.0 Å². The predicted octanol–water partition coefficient (Wildman–Crippen LogP) is 1.95. The van der Waals surface area contributed by atoms with Crippen LogP contribution in [-0.4, -0.2) is 13.1 Å². The van der Waals surface area contributed by atoms with Crippen molar-refractivity contribution >= 4 is 5.97 Å². The molecular weight excluding hydrogens is 168 g/mol. The molecule has 0 amide bonds. The number of hydrogen-bond acceptors (Lipinski definition) is 3. The van der Waals surface area contributed by atoms with Crippen LogP contribution in [0.15, 0.2) is 10.5 Å². The normalized spacial score (nSPS) is 15.2. The summed E-state index contributed by atoms with van der Waals surface area (Å²) in [5.41, 5.74) is 1.17. The molecule has 0 aromatic carbocycles. The first-order valence-corrected chi connectivity index (χ1v) is 4.51. The Hall–Kier alpha value is -1.25. The highest BCUT2D eigenvalue weighted by Gasteiger charge is 2.18. The van der Waals surface area contributed by atoms with E-state index in [9.17, 15) is 4.79 Å². The van der Waals surface area contributed by atoms with Gasteiger partial charge in [0.2, 0.25) is 5.76 Å². The van der Waals surface area contributed by atoms with E-state index in [-0.39, 0.29) is 5.97 Å². The van der Waals surface area contributed by atoms with Gasteiger partial charge in [-0.05, 0) is 30.9 Å². The highest BCUT2D eigenvalue weighted by molar-refractivity contribution is 5.86. The molecule has 0 unspecified atom stereocenters. The van der Waals surface area contributed by atoms with Crippen molar-refractivity contribution in [2.24, 2.45) is 0 Å². The minimum absolute atomic E-state index is 0.342. The van der Waals surface area contributed by atoms with Crippen molar-refractivity contribution in [1.29, 1.82) is 0 Å². The quantitative estimate of drug-likeness (QED) is 0.620. The van der Waals surface area contributed by atoms with Gasteiger partial charge in [0, 0.05) is 6.42 Å². The minimum atomic E-state index is -0.380. The van der Waals surface area contributed by atoms with E-state index >= 15 is 0 Å². The van der Waals surface area contributed by atoms with E-state index in [4.69, 9.17) is 4.42 Å². The maximum Gasteiger partial charge on any atom is 0.373 e. The number of esters is 1. The molecule has 0 aliphatic heterocycles. The lowest BCUT2D eigenvalue weighted by Gasteiger charge is -2.07. The van der Waals surface area contributed by atoms with Gasteiger partial charge < -0.3 is 9.15 Å². The Kier molecular flexibility index (Phi) is 2.08. The van der Waals surface area contributed by atoms with Gasteiger partial charge in [0.15, 0.2) is 0 Å². The fourth-order valence-corrected chi connectivity index (χ4v) is 1.69. The Bertz CT molecular complexity index is 301. The van der Waals surface area contributed by atoms with E-state index in [2.05, 4.69) is 4.74 Å². The number of aryl methyl sites for hydroxylation is 2. The molecule has 1 aromatic heterocycles. The molecule has 0 N–H and O–H groups in total. The summed E-state index contributed by atoms with van der Waals surface area (Å²) in [5, 5.41) is 0. The van der Waals surface area contributed by atoms with E-state index in [1.807, 2.05) is 0 Å². The van der Waals surface area contributed by atoms with Crippen molar-refractivity contribution in [3.63, 3.8) is 0 Å². The van der Waals surface area contributed by atoms with Crippen LogP contribution in [0.5, 0.6) is 0 Å². The topological polar surface area (TPSA) is 39.4 Å². The fraction of sp³-hybridized carbons (Fsp3) is 0.500. The molecule has 0 radical (unpaired) electrons. The van der Waals surface area contributed by atoms with Gasteiger partial charge in [-0.25, -0.2) is 4.79 Å². The summed E-state index contributed by atoms with van der Waals surface area (Å²) < 4.78 is 9.97.